The topological polar surface area (TPSA) is 40.6 Å². The molecule has 4 nitrogen and oxygen atoms in total. The number of urea groups is 1. The molecule has 4 heteroatoms. The van der Waals surface area contributed by atoms with E-state index in [1.54, 1.807) is 9.80 Å². The predicted molar refractivity (Wildman–Crippen MR) is 85.5 cm³/mol. The second-order valence-electron chi connectivity index (χ2n) is 6.84. The van der Waals surface area contributed by atoms with E-state index in [9.17, 15) is 9.59 Å². The third-order valence-corrected chi connectivity index (χ3v) is 4.70. The van der Waals surface area contributed by atoms with Gasteiger partial charge in [-0.1, -0.05) is 50.6 Å². The largest absolute Gasteiger partial charge is 0.327 e. The van der Waals surface area contributed by atoms with Crippen molar-refractivity contribution in [3.05, 3.63) is 35.9 Å². The highest BCUT2D eigenvalue weighted by Crippen LogP contribution is 2.39. The van der Waals surface area contributed by atoms with Gasteiger partial charge in [0.05, 0.1) is 0 Å². The van der Waals surface area contributed by atoms with Gasteiger partial charge in [-0.15, -0.1) is 0 Å². The minimum absolute atomic E-state index is 0.0274. The van der Waals surface area contributed by atoms with Crippen LogP contribution in [0, 0.1) is 5.92 Å². The molecule has 1 heterocycles. The van der Waals surface area contributed by atoms with Gasteiger partial charge >= 0.3 is 6.03 Å². The van der Waals surface area contributed by atoms with E-state index in [1.807, 2.05) is 18.2 Å². The molecule has 0 N–H and O–H groups in total. The summed E-state index contributed by atoms with van der Waals surface area (Å²) in [5.74, 6) is 0.636. The number of benzene rings is 1. The second-order valence-corrected chi connectivity index (χ2v) is 6.84. The van der Waals surface area contributed by atoms with Crippen LogP contribution in [0.2, 0.25) is 0 Å². The number of amides is 3. The van der Waals surface area contributed by atoms with Crippen molar-refractivity contribution in [2.75, 3.05) is 13.1 Å². The van der Waals surface area contributed by atoms with Gasteiger partial charge in [0.2, 0.25) is 0 Å². The fourth-order valence-corrected chi connectivity index (χ4v) is 3.81. The molecule has 3 amide bonds. The Hall–Kier alpha value is -1.84. The van der Waals surface area contributed by atoms with Crippen LogP contribution in [0.25, 0.3) is 0 Å². The Balaban J connectivity index is 1.80. The van der Waals surface area contributed by atoms with E-state index in [2.05, 4.69) is 26.0 Å². The van der Waals surface area contributed by atoms with Crippen molar-refractivity contribution in [2.24, 2.45) is 5.92 Å². The highest BCUT2D eigenvalue weighted by Gasteiger charge is 2.45. The van der Waals surface area contributed by atoms with E-state index in [-0.39, 0.29) is 30.4 Å². The van der Waals surface area contributed by atoms with Gasteiger partial charge in [0.15, 0.2) is 0 Å². The molecule has 2 atom stereocenters. The smallest absolute Gasteiger partial charge is 0.315 e. The molecule has 0 aromatic heterocycles. The Bertz CT molecular complexity index is 555. The van der Waals surface area contributed by atoms with Crippen molar-refractivity contribution in [1.82, 2.24) is 9.80 Å². The fraction of sp³-hybridized carbons (Fsp3) is 0.556. The first-order valence-electron chi connectivity index (χ1n) is 8.24. The molecule has 0 unspecified atom stereocenters. The zero-order chi connectivity index (χ0) is 15.7. The summed E-state index contributed by atoms with van der Waals surface area (Å²) in [6.07, 6.45) is 3.05. The third kappa shape index (κ3) is 2.74. The molecule has 1 aromatic rings. The molecule has 1 saturated heterocycles. The molecule has 0 spiro atoms. The normalized spacial score (nSPS) is 25.6. The van der Waals surface area contributed by atoms with Gasteiger partial charge in [-0.3, -0.25) is 9.69 Å². The van der Waals surface area contributed by atoms with Gasteiger partial charge in [0.25, 0.3) is 5.91 Å². The number of carbonyl (C=O) groups excluding carboxylic acids is 2. The average molecular weight is 300 g/mol. The number of rotatable bonds is 4. The molecular weight excluding hydrogens is 276 g/mol. The molecule has 0 radical (unpaired) electrons. The van der Waals surface area contributed by atoms with E-state index < -0.39 is 0 Å². The lowest BCUT2D eigenvalue weighted by molar-refractivity contribution is -0.127. The Labute approximate surface area is 132 Å². The van der Waals surface area contributed by atoms with Crippen LogP contribution in [0.1, 0.15) is 44.6 Å². The Morgan fingerprint density at radius 3 is 2.55 bits per heavy atom. The Kier molecular flexibility index (Phi) is 4.19. The van der Waals surface area contributed by atoms with Crippen LogP contribution in [0.15, 0.2) is 30.3 Å². The number of carbonyl (C=O) groups is 2. The lowest BCUT2D eigenvalue weighted by atomic mass is 9.93. The van der Waals surface area contributed by atoms with Gasteiger partial charge in [0, 0.05) is 18.5 Å². The van der Waals surface area contributed by atoms with Gasteiger partial charge in [-0.25, -0.2) is 4.79 Å². The average Bonchev–Trinajstić information content (AvgIpc) is 3.05. The molecule has 3 rings (SSSR count). The van der Waals surface area contributed by atoms with Crippen LogP contribution in [-0.2, 0) is 4.79 Å². The van der Waals surface area contributed by atoms with Crippen LogP contribution in [0.5, 0.6) is 0 Å². The first kappa shape index (κ1) is 15.1. The quantitative estimate of drug-likeness (QED) is 0.801. The summed E-state index contributed by atoms with van der Waals surface area (Å²) in [5.41, 5.74) is 1.24. The highest BCUT2D eigenvalue weighted by molar-refractivity contribution is 6.02. The number of hydrogen-bond donors (Lipinski definition) is 0. The third-order valence-electron chi connectivity index (χ3n) is 4.70. The van der Waals surface area contributed by atoms with E-state index in [0.717, 1.165) is 19.3 Å². The van der Waals surface area contributed by atoms with E-state index >= 15 is 0 Å². The monoisotopic (exact) mass is 300 g/mol. The summed E-state index contributed by atoms with van der Waals surface area (Å²) in [5, 5.41) is 0. The fourth-order valence-electron chi connectivity index (χ4n) is 3.81. The van der Waals surface area contributed by atoms with Gasteiger partial charge in [0.1, 0.15) is 6.54 Å². The zero-order valence-corrected chi connectivity index (χ0v) is 13.4. The summed E-state index contributed by atoms with van der Waals surface area (Å²) in [7, 11) is 0. The van der Waals surface area contributed by atoms with Crippen molar-refractivity contribution < 1.29 is 9.59 Å². The van der Waals surface area contributed by atoms with Crippen molar-refractivity contribution in [3.63, 3.8) is 0 Å². The standard InChI is InChI=1S/C18H24N2O2/c1-13(2)11-19-12-17(21)20(18(19)22)16-10-6-9-15(16)14-7-4-3-5-8-14/h3-5,7-8,13,15-16H,6,9-12H2,1-2H3/t15-,16+/m0/s1. The van der Waals surface area contributed by atoms with E-state index in [1.165, 1.54) is 5.56 Å². The van der Waals surface area contributed by atoms with Gasteiger partial charge in [-0.05, 0) is 24.3 Å². The molecule has 1 saturated carbocycles. The van der Waals surface area contributed by atoms with Crippen LogP contribution in [-0.4, -0.2) is 40.9 Å². The highest BCUT2D eigenvalue weighted by atomic mass is 16.2. The van der Waals surface area contributed by atoms with Crippen molar-refractivity contribution in [1.29, 1.82) is 0 Å². The minimum atomic E-state index is -0.0912. The molecule has 22 heavy (non-hydrogen) atoms. The van der Waals surface area contributed by atoms with Crippen molar-refractivity contribution in [3.8, 4) is 0 Å². The molecule has 1 aliphatic carbocycles. The molecule has 2 aliphatic rings. The molecule has 0 bridgehead atoms. The first-order valence-corrected chi connectivity index (χ1v) is 8.24. The lowest BCUT2D eigenvalue weighted by Gasteiger charge is -2.28. The molecule has 1 aliphatic heterocycles. The van der Waals surface area contributed by atoms with Crippen molar-refractivity contribution >= 4 is 11.9 Å². The van der Waals surface area contributed by atoms with E-state index in [0.29, 0.717) is 12.5 Å². The predicted octanol–water partition coefficient (Wildman–Crippen LogP) is 3.24. The summed E-state index contributed by atoms with van der Waals surface area (Å²) in [6, 6.07) is 10.2. The van der Waals surface area contributed by atoms with Crippen LogP contribution in [0.4, 0.5) is 4.79 Å². The second kappa shape index (κ2) is 6.11. The summed E-state index contributed by atoms with van der Waals surface area (Å²) >= 11 is 0. The van der Waals surface area contributed by atoms with Crippen LogP contribution < -0.4 is 0 Å². The summed E-state index contributed by atoms with van der Waals surface area (Å²) in [4.78, 5) is 28.3. The number of hydrogen-bond acceptors (Lipinski definition) is 2. The van der Waals surface area contributed by atoms with Gasteiger partial charge < -0.3 is 4.90 Å². The number of imide groups is 1. The molecule has 118 valence electrons. The maximum absolute atomic E-state index is 12.6. The maximum atomic E-state index is 12.6. The number of nitrogens with zero attached hydrogens (tertiary/aromatic N) is 2. The van der Waals surface area contributed by atoms with E-state index in [4.69, 9.17) is 0 Å². The van der Waals surface area contributed by atoms with Gasteiger partial charge in [-0.2, -0.15) is 0 Å². The SMILES string of the molecule is CC(C)CN1CC(=O)N([C@@H]2CCC[C@H]2c2ccccc2)C1=O. The first-order chi connectivity index (χ1) is 10.6. The molecule has 1 aromatic carbocycles. The Morgan fingerprint density at radius 1 is 1.14 bits per heavy atom. The maximum Gasteiger partial charge on any atom is 0.327 e. The van der Waals surface area contributed by atoms with Crippen LogP contribution in [0.3, 0.4) is 0 Å². The van der Waals surface area contributed by atoms with Crippen molar-refractivity contribution in [2.45, 2.75) is 45.1 Å². The van der Waals surface area contributed by atoms with Crippen LogP contribution >= 0.6 is 0 Å². The molecular formula is C18H24N2O2. The zero-order valence-electron chi connectivity index (χ0n) is 13.4. The lowest BCUT2D eigenvalue weighted by Crippen LogP contribution is -2.43. The molecule has 2 fully saturated rings. The summed E-state index contributed by atoms with van der Waals surface area (Å²) < 4.78 is 0. The Morgan fingerprint density at radius 2 is 1.86 bits per heavy atom. The summed E-state index contributed by atoms with van der Waals surface area (Å²) in [6.45, 7) is 5.05. The minimum Gasteiger partial charge on any atom is -0.315 e.